The molecule has 0 saturated carbocycles. The van der Waals surface area contributed by atoms with Crippen molar-refractivity contribution in [1.82, 2.24) is 10.2 Å². The van der Waals surface area contributed by atoms with Crippen molar-refractivity contribution in [3.63, 3.8) is 0 Å². The summed E-state index contributed by atoms with van der Waals surface area (Å²) in [5, 5.41) is 3.75. The third-order valence-electron chi connectivity index (χ3n) is 5.15. The van der Waals surface area contributed by atoms with E-state index in [0.29, 0.717) is 11.6 Å². The molecular formula is C18H30N2. The van der Waals surface area contributed by atoms with Gasteiger partial charge in [-0.2, -0.15) is 0 Å². The van der Waals surface area contributed by atoms with Crippen molar-refractivity contribution in [2.45, 2.75) is 58.0 Å². The van der Waals surface area contributed by atoms with Gasteiger partial charge in [-0.25, -0.2) is 0 Å². The number of hydrogen-bond donors (Lipinski definition) is 1. The average molecular weight is 274 g/mol. The Morgan fingerprint density at radius 1 is 1.15 bits per heavy atom. The van der Waals surface area contributed by atoms with E-state index in [1.165, 1.54) is 44.3 Å². The highest BCUT2D eigenvalue weighted by Gasteiger charge is 2.37. The Kier molecular flexibility index (Phi) is 5.62. The highest BCUT2D eigenvalue weighted by atomic mass is 15.3. The van der Waals surface area contributed by atoms with E-state index in [1.807, 2.05) is 0 Å². The molecule has 1 fully saturated rings. The molecule has 0 aliphatic carbocycles. The minimum Gasteiger partial charge on any atom is -0.311 e. The summed E-state index contributed by atoms with van der Waals surface area (Å²) in [5.74, 6) is 0. The molecule has 0 aromatic heterocycles. The van der Waals surface area contributed by atoms with E-state index in [1.54, 1.807) is 0 Å². The molecular weight excluding hydrogens is 244 g/mol. The molecule has 2 heteroatoms. The summed E-state index contributed by atoms with van der Waals surface area (Å²) in [6.07, 6.45) is 4.87. The summed E-state index contributed by atoms with van der Waals surface area (Å²) in [7, 11) is 0. The molecule has 1 N–H and O–H groups in total. The summed E-state index contributed by atoms with van der Waals surface area (Å²) < 4.78 is 0. The van der Waals surface area contributed by atoms with Gasteiger partial charge in [0.05, 0.1) is 0 Å². The molecule has 0 radical (unpaired) electrons. The monoisotopic (exact) mass is 274 g/mol. The molecule has 1 atom stereocenters. The third-order valence-corrected chi connectivity index (χ3v) is 5.15. The molecule has 112 valence electrons. The van der Waals surface area contributed by atoms with Crippen molar-refractivity contribution < 1.29 is 0 Å². The number of piperazine rings is 1. The molecule has 1 saturated heterocycles. The Hall–Kier alpha value is -0.860. The minimum atomic E-state index is 0.362. The Bertz CT molecular complexity index is 384. The van der Waals surface area contributed by atoms with Crippen molar-refractivity contribution in [3.8, 4) is 0 Å². The van der Waals surface area contributed by atoms with Crippen LogP contribution < -0.4 is 5.32 Å². The second-order valence-corrected chi connectivity index (χ2v) is 6.10. The normalized spacial score (nSPS) is 22.9. The van der Waals surface area contributed by atoms with Crippen LogP contribution in [0.1, 0.15) is 45.6 Å². The standard InChI is InChI=1S/C18H30N2/c1-4-17-14-20(18(5-2,6-3)15-19-17)13-12-16-10-8-7-9-11-16/h7-11,17,19H,4-6,12-15H2,1-3H3. The minimum absolute atomic E-state index is 0.362. The average Bonchev–Trinajstić information content (AvgIpc) is 2.53. The van der Waals surface area contributed by atoms with Crippen LogP contribution in [0.5, 0.6) is 0 Å². The van der Waals surface area contributed by atoms with Gasteiger partial charge in [0.15, 0.2) is 0 Å². The first-order valence-corrected chi connectivity index (χ1v) is 8.26. The first-order valence-electron chi connectivity index (χ1n) is 8.26. The fourth-order valence-electron chi connectivity index (χ4n) is 3.43. The lowest BCUT2D eigenvalue weighted by molar-refractivity contribution is 0.0319. The molecule has 1 aliphatic rings. The van der Waals surface area contributed by atoms with E-state index in [4.69, 9.17) is 0 Å². The second kappa shape index (κ2) is 7.24. The van der Waals surface area contributed by atoms with Crippen molar-refractivity contribution in [1.29, 1.82) is 0 Å². The second-order valence-electron chi connectivity index (χ2n) is 6.10. The predicted molar refractivity (Wildman–Crippen MR) is 87.1 cm³/mol. The van der Waals surface area contributed by atoms with Crippen molar-refractivity contribution in [3.05, 3.63) is 35.9 Å². The Morgan fingerprint density at radius 3 is 2.45 bits per heavy atom. The zero-order chi connectivity index (χ0) is 14.4. The Morgan fingerprint density at radius 2 is 1.85 bits per heavy atom. The smallest absolute Gasteiger partial charge is 0.0329 e. The van der Waals surface area contributed by atoms with E-state index >= 15 is 0 Å². The largest absolute Gasteiger partial charge is 0.311 e. The first kappa shape index (κ1) is 15.5. The summed E-state index contributed by atoms with van der Waals surface area (Å²) >= 11 is 0. The Balaban J connectivity index is 2.03. The molecule has 0 spiro atoms. The van der Waals surface area contributed by atoms with Gasteiger partial charge >= 0.3 is 0 Å². The van der Waals surface area contributed by atoms with Gasteiger partial charge in [0.2, 0.25) is 0 Å². The lowest BCUT2D eigenvalue weighted by Crippen LogP contribution is -2.64. The predicted octanol–water partition coefficient (Wildman–Crippen LogP) is 3.47. The van der Waals surface area contributed by atoms with E-state index in [9.17, 15) is 0 Å². The van der Waals surface area contributed by atoms with Crippen LogP contribution in [0.4, 0.5) is 0 Å². The molecule has 0 amide bonds. The molecule has 0 bridgehead atoms. The lowest BCUT2D eigenvalue weighted by atomic mass is 9.86. The van der Waals surface area contributed by atoms with Gasteiger partial charge in [-0.1, -0.05) is 51.1 Å². The van der Waals surface area contributed by atoms with Gasteiger partial charge in [-0.3, -0.25) is 4.90 Å². The van der Waals surface area contributed by atoms with Crippen LogP contribution in [-0.2, 0) is 6.42 Å². The fourth-order valence-corrected chi connectivity index (χ4v) is 3.43. The number of rotatable bonds is 6. The maximum absolute atomic E-state index is 3.75. The van der Waals surface area contributed by atoms with Crippen LogP contribution in [0, 0.1) is 0 Å². The molecule has 1 aromatic carbocycles. The van der Waals surface area contributed by atoms with Crippen LogP contribution in [0.3, 0.4) is 0 Å². The zero-order valence-electron chi connectivity index (χ0n) is 13.4. The molecule has 2 nitrogen and oxygen atoms in total. The summed E-state index contributed by atoms with van der Waals surface area (Å²) in [6, 6.07) is 11.6. The number of nitrogens with one attached hydrogen (secondary N) is 1. The van der Waals surface area contributed by atoms with E-state index in [0.717, 1.165) is 6.54 Å². The van der Waals surface area contributed by atoms with E-state index < -0.39 is 0 Å². The van der Waals surface area contributed by atoms with Crippen molar-refractivity contribution in [2.24, 2.45) is 0 Å². The van der Waals surface area contributed by atoms with Gasteiger partial charge in [0.25, 0.3) is 0 Å². The fraction of sp³-hybridized carbons (Fsp3) is 0.667. The summed E-state index contributed by atoms with van der Waals surface area (Å²) in [6.45, 7) is 10.5. The quantitative estimate of drug-likeness (QED) is 0.854. The van der Waals surface area contributed by atoms with Crippen LogP contribution in [0.15, 0.2) is 30.3 Å². The molecule has 2 rings (SSSR count). The topological polar surface area (TPSA) is 15.3 Å². The molecule has 20 heavy (non-hydrogen) atoms. The highest BCUT2D eigenvalue weighted by Crippen LogP contribution is 2.27. The summed E-state index contributed by atoms with van der Waals surface area (Å²) in [5.41, 5.74) is 1.82. The van der Waals surface area contributed by atoms with Crippen LogP contribution in [-0.4, -0.2) is 36.1 Å². The SMILES string of the molecule is CCC1CN(CCc2ccccc2)C(CC)(CC)CN1. The lowest BCUT2D eigenvalue weighted by Gasteiger charge is -2.49. The van der Waals surface area contributed by atoms with E-state index in [2.05, 4.69) is 61.3 Å². The molecule has 1 heterocycles. The number of benzene rings is 1. The molecule has 1 aromatic rings. The molecule has 1 unspecified atom stereocenters. The number of hydrogen-bond acceptors (Lipinski definition) is 2. The zero-order valence-corrected chi connectivity index (χ0v) is 13.4. The van der Waals surface area contributed by atoms with Gasteiger partial charge < -0.3 is 5.32 Å². The van der Waals surface area contributed by atoms with Crippen LogP contribution in [0.2, 0.25) is 0 Å². The highest BCUT2D eigenvalue weighted by molar-refractivity contribution is 5.15. The maximum atomic E-state index is 3.75. The molecule has 1 aliphatic heterocycles. The number of nitrogens with zero attached hydrogens (tertiary/aromatic N) is 1. The van der Waals surface area contributed by atoms with Crippen molar-refractivity contribution >= 4 is 0 Å². The van der Waals surface area contributed by atoms with Gasteiger partial charge in [0, 0.05) is 31.2 Å². The van der Waals surface area contributed by atoms with Crippen LogP contribution in [0.25, 0.3) is 0 Å². The third kappa shape index (κ3) is 3.42. The van der Waals surface area contributed by atoms with Crippen LogP contribution >= 0.6 is 0 Å². The maximum Gasteiger partial charge on any atom is 0.0329 e. The van der Waals surface area contributed by atoms with Gasteiger partial charge in [0.1, 0.15) is 0 Å². The summed E-state index contributed by atoms with van der Waals surface area (Å²) in [4.78, 5) is 2.75. The van der Waals surface area contributed by atoms with E-state index in [-0.39, 0.29) is 0 Å². The Labute approximate surface area is 124 Å². The van der Waals surface area contributed by atoms with Crippen molar-refractivity contribution in [2.75, 3.05) is 19.6 Å². The first-order chi connectivity index (χ1) is 9.74. The van der Waals surface area contributed by atoms with Gasteiger partial charge in [-0.05, 0) is 31.2 Å². The van der Waals surface area contributed by atoms with Gasteiger partial charge in [-0.15, -0.1) is 0 Å².